The number of hydrogen-bond donors (Lipinski definition) is 1. The summed E-state index contributed by atoms with van der Waals surface area (Å²) in [6.45, 7) is 4.10. The number of likely N-dealkylation sites (N-methyl/N-ethyl adjacent to an activating group) is 1. The number of carbonyl (C=O) groups excluding carboxylic acids is 1. The summed E-state index contributed by atoms with van der Waals surface area (Å²) in [5.74, 6) is -1.75. The second kappa shape index (κ2) is 6.10. The van der Waals surface area contributed by atoms with Crippen molar-refractivity contribution >= 4 is 5.91 Å². The zero-order chi connectivity index (χ0) is 13.8. The van der Waals surface area contributed by atoms with E-state index in [0.29, 0.717) is 6.54 Å². The van der Waals surface area contributed by atoms with E-state index in [2.05, 4.69) is 5.32 Å². The van der Waals surface area contributed by atoms with Crippen molar-refractivity contribution in [2.75, 3.05) is 19.6 Å². The predicted molar refractivity (Wildman–Crippen MR) is 69.0 cm³/mol. The van der Waals surface area contributed by atoms with Crippen LogP contribution < -0.4 is 5.32 Å². The second-order valence-electron chi connectivity index (χ2n) is 4.75. The lowest BCUT2D eigenvalue weighted by Crippen LogP contribution is -2.48. The van der Waals surface area contributed by atoms with Crippen LogP contribution in [0.3, 0.4) is 0 Å². The maximum Gasteiger partial charge on any atom is 0.254 e. The van der Waals surface area contributed by atoms with E-state index >= 15 is 0 Å². The van der Waals surface area contributed by atoms with Crippen LogP contribution in [0, 0.1) is 11.6 Å². The molecular formula is C14H18F2N2O. The van der Waals surface area contributed by atoms with Gasteiger partial charge < -0.3 is 10.2 Å². The Hall–Kier alpha value is -1.49. The number of nitrogens with zero attached hydrogens (tertiary/aromatic N) is 1. The Morgan fingerprint density at radius 2 is 2.05 bits per heavy atom. The van der Waals surface area contributed by atoms with Crippen LogP contribution in [0.1, 0.15) is 30.1 Å². The Morgan fingerprint density at radius 1 is 1.37 bits per heavy atom. The molecule has 2 rings (SSSR count). The molecule has 1 amide bonds. The van der Waals surface area contributed by atoms with Gasteiger partial charge in [0.2, 0.25) is 0 Å². The van der Waals surface area contributed by atoms with Gasteiger partial charge >= 0.3 is 0 Å². The summed E-state index contributed by atoms with van der Waals surface area (Å²) < 4.78 is 26.3. The van der Waals surface area contributed by atoms with E-state index in [9.17, 15) is 13.6 Å². The Bertz CT molecular complexity index is 439. The first-order chi connectivity index (χ1) is 9.11. The molecule has 1 atom stereocenters. The van der Waals surface area contributed by atoms with Gasteiger partial charge in [-0.2, -0.15) is 0 Å². The summed E-state index contributed by atoms with van der Waals surface area (Å²) in [5, 5.41) is 3.24. The molecule has 1 saturated heterocycles. The number of nitrogens with one attached hydrogen (secondary N) is 1. The van der Waals surface area contributed by atoms with Gasteiger partial charge in [-0.25, -0.2) is 8.78 Å². The van der Waals surface area contributed by atoms with Gasteiger partial charge in [-0.3, -0.25) is 4.79 Å². The standard InChI is InChI=1S/C14H18F2N2O/c1-2-18(13-4-3-5-17-9-13)14(19)10-6-11(15)8-12(16)7-10/h6-8,13,17H,2-5,9H2,1H3. The first-order valence-electron chi connectivity index (χ1n) is 6.59. The van der Waals surface area contributed by atoms with E-state index in [1.807, 2.05) is 6.92 Å². The zero-order valence-corrected chi connectivity index (χ0v) is 11.0. The van der Waals surface area contributed by atoms with E-state index in [4.69, 9.17) is 0 Å². The van der Waals surface area contributed by atoms with Crippen LogP contribution in [0.25, 0.3) is 0 Å². The molecule has 1 aromatic carbocycles. The van der Waals surface area contributed by atoms with Crippen LogP contribution in [-0.4, -0.2) is 36.5 Å². The van der Waals surface area contributed by atoms with Gasteiger partial charge in [0, 0.05) is 30.8 Å². The Balaban J connectivity index is 2.19. The van der Waals surface area contributed by atoms with Crippen LogP contribution in [0.15, 0.2) is 18.2 Å². The highest BCUT2D eigenvalue weighted by molar-refractivity contribution is 5.94. The molecule has 0 saturated carbocycles. The number of benzene rings is 1. The predicted octanol–water partition coefficient (Wildman–Crippen LogP) is 2.18. The molecule has 5 heteroatoms. The minimum atomic E-state index is -0.721. The fourth-order valence-corrected chi connectivity index (χ4v) is 2.51. The van der Waals surface area contributed by atoms with Crippen molar-refractivity contribution in [1.82, 2.24) is 10.2 Å². The molecule has 1 unspecified atom stereocenters. The molecule has 1 heterocycles. The van der Waals surface area contributed by atoms with E-state index < -0.39 is 11.6 Å². The minimum Gasteiger partial charge on any atom is -0.335 e. The number of hydrogen-bond acceptors (Lipinski definition) is 2. The lowest BCUT2D eigenvalue weighted by atomic mass is 10.0. The number of rotatable bonds is 3. The molecule has 0 radical (unpaired) electrons. The highest BCUT2D eigenvalue weighted by atomic mass is 19.1. The van der Waals surface area contributed by atoms with Crippen LogP contribution in [0.2, 0.25) is 0 Å². The number of halogens is 2. The van der Waals surface area contributed by atoms with Gasteiger partial charge in [-0.05, 0) is 38.4 Å². The third-order valence-corrected chi connectivity index (χ3v) is 3.42. The molecule has 1 fully saturated rings. The maximum atomic E-state index is 13.2. The first kappa shape index (κ1) is 13.9. The molecule has 0 aromatic heterocycles. The summed E-state index contributed by atoms with van der Waals surface area (Å²) >= 11 is 0. The minimum absolute atomic E-state index is 0.0740. The van der Waals surface area contributed by atoms with Gasteiger partial charge in [0.05, 0.1) is 0 Å². The van der Waals surface area contributed by atoms with E-state index in [1.54, 1.807) is 4.90 Å². The molecule has 3 nitrogen and oxygen atoms in total. The summed E-state index contributed by atoms with van der Waals surface area (Å²) in [6, 6.07) is 3.04. The van der Waals surface area contributed by atoms with Crippen molar-refractivity contribution in [1.29, 1.82) is 0 Å². The lowest BCUT2D eigenvalue weighted by molar-refractivity contribution is 0.0661. The van der Waals surface area contributed by atoms with Crippen molar-refractivity contribution in [3.8, 4) is 0 Å². The van der Waals surface area contributed by atoms with Crippen molar-refractivity contribution in [3.05, 3.63) is 35.4 Å². The summed E-state index contributed by atoms with van der Waals surface area (Å²) in [6.07, 6.45) is 1.93. The van der Waals surface area contributed by atoms with E-state index in [1.165, 1.54) is 0 Å². The van der Waals surface area contributed by atoms with Crippen LogP contribution in [0.4, 0.5) is 8.78 Å². The molecule has 19 heavy (non-hydrogen) atoms. The monoisotopic (exact) mass is 268 g/mol. The summed E-state index contributed by atoms with van der Waals surface area (Å²) in [4.78, 5) is 14.0. The fraction of sp³-hybridized carbons (Fsp3) is 0.500. The average Bonchev–Trinajstić information content (AvgIpc) is 2.39. The van der Waals surface area contributed by atoms with Crippen molar-refractivity contribution in [2.24, 2.45) is 0 Å². The quantitative estimate of drug-likeness (QED) is 0.911. The van der Waals surface area contributed by atoms with Crippen molar-refractivity contribution in [3.63, 3.8) is 0 Å². The molecule has 1 aliphatic heterocycles. The van der Waals surface area contributed by atoms with Crippen molar-refractivity contribution < 1.29 is 13.6 Å². The van der Waals surface area contributed by atoms with Crippen LogP contribution in [0.5, 0.6) is 0 Å². The number of carbonyl (C=O) groups is 1. The SMILES string of the molecule is CCN(C(=O)c1cc(F)cc(F)c1)C1CCCNC1. The topological polar surface area (TPSA) is 32.3 Å². The van der Waals surface area contributed by atoms with Gasteiger partial charge in [-0.15, -0.1) is 0 Å². The average molecular weight is 268 g/mol. The molecule has 1 N–H and O–H groups in total. The van der Waals surface area contributed by atoms with Crippen LogP contribution in [-0.2, 0) is 0 Å². The largest absolute Gasteiger partial charge is 0.335 e. The van der Waals surface area contributed by atoms with Gasteiger partial charge in [0.15, 0.2) is 0 Å². The molecule has 1 aliphatic rings. The normalized spacial score (nSPS) is 19.2. The Morgan fingerprint density at radius 3 is 2.58 bits per heavy atom. The van der Waals surface area contributed by atoms with E-state index in [-0.39, 0.29) is 17.5 Å². The third kappa shape index (κ3) is 3.29. The summed E-state index contributed by atoms with van der Waals surface area (Å²) in [5.41, 5.74) is 0.0740. The summed E-state index contributed by atoms with van der Waals surface area (Å²) in [7, 11) is 0. The zero-order valence-electron chi connectivity index (χ0n) is 11.0. The van der Waals surface area contributed by atoms with Gasteiger partial charge in [0.1, 0.15) is 11.6 Å². The molecule has 0 aliphatic carbocycles. The van der Waals surface area contributed by atoms with Gasteiger partial charge in [-0.1, -0.05) is 0 Å². The number of amides is 1. The molecule has 1 aromatic rings. The lowest BCUT2D eigenvalue weighted by Gasteiger charge is -2.34. The van der Waals surface area contributed by atoms with Crippen molar-refractivity contribution in [2.45, 2.75) is 25.8 Å². The Labute approximate surface area is 111 Å². The number of piperidine rings is 1. The van der Waals surface area contributed by atoms with E-state index in [0.717, 1.165) is 44.1 Å². The highest BCUT2D eigenvalue weighted by Crippen LogP contribution is 2.16. The highest BCUT2D eigenvalue weighted by Gasteiger charge is 2.25. The fourth-order valence-electron chi connectivity index (χ4n) is 2.51. The second-order valence-corrected chi connectivity index (χ2v) is 4.75. The molecular weight excluding hydrogens is 250 g/mol. The van der Waals surface area contributed by atoms with Gasteiger partial charge in [0.25, 0.3) is 5.91 Å². The molecule has 0 spiro atoms. The maximum absolute atomic E-state index is 13.2. The molecule has 0 bridgehead atoms. The first-order valence-corrected chi connectivity index (χ1v) is 6.59. The Kier molecular flexibility index (Phi) is 4.47. The third-order valence-electron chi connectivity index (χ3n) is 3.42. The molecule has 104 valence electrons. The van der Waals surface area contributed by atoms with Crippen LogP contribution >= 0.6 is 0 Å². The smallest absolute Gasteiger partial charge is 0.254 e.